The van der Waals surface area contributed by atoms with E-state index in [4.69, 9.17) is 4.98 Å². The molecule has 2 heterocycles. The van der Waals surface area contributed by atoms with Gasteiger partial charge in [-0.15, -0.1) is 0 Å². The molecular formula is C26H28N4O2. The largest absolute Gasteiger partial charge is 0.347 e. The Kier molecular flexibility index (Phi) is 5.75. The molecule has 164 valence electrons. The van der Waals surface area contributed by atoms with Gasteiger partial charge in [-0.25, -0.2) is 4.98 Å². The number of carbonyl (C=O) groups excluding carboxylic acids is 2. The third-order valence-electron chi connectivity index (χ3n) is 6.24. The number of rotatable bonds is 6. The van der Waals surface area contributed by atoms with Gasteiger partial charge in [0.1, 0.15) is 11.5 Å². The SMILES string of the molecule is O=C(NCc1ccc(NC(=O)C2CC2)cc1)c1nc(-c2ccccc2)n2c1CCCCC2. The summed E-state index contributed by atoms with van der Waals surface area (Å²) in [5.74, 6) is 1.02. The van der Waals surface area contributed by atoms with E-state index in [9.17, 15) is 9.59 Å². The lowest BCUT2D eigenvalue weighted by atomic mass is 10.1. The average molecular weight is 429 g/mol. The van der Waals surface area contributed by atoms with Crippen molar-refractivity contribution in [2.24, 2.45) is 5.92 Å². The number of aromatic nitrogens is 2. The smallest absolute Gasteiger partial charge is 0.272 e. The Balaban J connectivity index is 1.30. The Morgan fingerprint density at radius 1 is 0.969 bits per heavy atom. The van der Waals surface area contributed by atoms with Crippen molar-refractivity contribution in [3.05, 3.63) is 71.5 Å². The number of carbonyl (C=O) groups is 2. The van der Waals surface area contributed by atoms with Crippen LogP contribution in [-0.4, -0.2) is 21.4 Å². The topological polar surface area (TPSA) is 76.0 Å². The lowest BCUT2D eigenvalue weighted by molar-refractivity contribution is -0.117. The van der Waals surface area contributed by atoms with Gasteiger partial charge < -0.3 is 15.2 Å². The van der Waals surface area contributed by atoms with Gasteiger partial charge in [0, 0.05) is 30.3 Å². The van der Waals surface area contributed by atoms with Crippen LogP contribution in [-0.2, 0) is 24.3 Å². The maximum absolute atomic E-state index is 13.1. The van der Waals surface area contributed by atoms with Gasteiger partial charge in [-0.2, -0.15) is 0 Å². The van der Waals surface area contributed by atoms with E-state index >= 15 is 0 Å². The fourth-order valence-electron chi connectivity index (χ4n) is 4.27. The molecule has 0 radical (unpaired) electrons. The molecule has 2 aliphatic rings. The van der Waals surface area contributed by atoms with Gasteiger partial charge in [-0.05, 0) is 49.8 Å². The van der Waals surface area contributed by atoms with Crippen LogP contribution in [0, 0.1) is 5.92 Å². The Hall–Kier alpha value is -3.41. The van der Waals surface area contributed by atoms with Crippen molar-refractivity contribution in [1.29, 1.82) is 0 Å². The number of hydrogen-bond acceptors (Lipinski definition) is 3. The number of nitrogens with zero attached hydrogens (tertiary/aromatic N) is 2. The van der Waals surface area contributed by atoms with Crippen molar-refractivity contribution in [3.8, 4) is 11.4 Å². The summed E-state index contributed by atoms with van der Waals surface area (Å²) in [6.45, 7) is 1.32. The molecule has 0 unspecified atom stereocenters. The van der Waals surface area contributed by atoms with Crippen molar-refractivity contribution in [2.45, 2.75) is 51.6 Å². The van der Waals surface area contributed by atoms with Crippen LogP contribution < -0.4 is 10.6 Å². The molecule has 2 N–H and O–H groups in total. The van der Waals surface area contributed by atoms with E-state index < -0.39 is 0 Å². The minimum atomic E-state index is -0.135. The molecule has 5 rings (SSSR count). The first-order valence-electron chi connectivity index (χ1n) is 11.5. The van der Waals surface area contributed by atoms with Crippen molar-refractivity contribution in [3.63, 3.8) is 0 Å². The Labute approximate surface area is 188 Å². The maximum Gasteiger partial charge on any atom is 0.272 e. The summed E-state index contributed by atoms with van der Waals surface area (Å²) in [6.07, 6.45) is 6.19. The second-order valence-corrected chi connectivity index (χ2v) is 8.70. The van der Waals surface area contributed by atoms with Crippen molar-refractivity contribution < 1.29 is 9.59 Å². The van der Waals surface area contributed by atoms with E-state index in [1.165, 1.54) is 6.42 Å². The highest BCUT2D eigenvalue weighted by molar-refractivity contribution is 5.95. The summed E-state index contributed by atoms with van der Waals surface area (Å²) >= 11 is 0. The van der Waals surface area contributed by atoms with Crippen LogP contribution in [0.4, 0.5) is 5.69 Å². The van der Waals surface area contributed by atoms with Gasteiger partial charge in [0.15, 0.2) is 0 Å². The summed E-state index contributed by atoms with van der Waals surface area (Å²) in [7, 11) is 0. The zero-order chi connectivity index (χ0) is 21.9. The van der Waals surface area contributed by atoms with Crippen molar-refractivity contribution in [1.82, 2.24) is 14.9 Å². The zero-order valence-electron chi connectivity index (χ0n) is 18.1. The van der Waals surface area contributed by atoms with Gasteiger partial charge in [-0.3, -0.25) is 9.59 Å². The molecule has 0 spiro atoms. The second kappa shape index (κ2) is 8.99. The highest BCUT2D eigenvalue weighted by Crippen LogP contribution is 2.30. The van der Waals surface area contributed by atoms with Crippen LogP contribution in [0.3, 0.4) is 0 Å². The number of imidazole rings is 1. The number of anilines is 1. The molecule has 1 aliphatic carbocycles. The Morgan fingerprint density at radius 3 is 2.50 bits per heavy atom. The monoisotopic (exact) mass is 428 g/mol. The number of hydrogen-bond donors (Lipinski definition) is 2. The summed E-state index contributed by atoms with van der Waals surface area (Å²) in [5.41, 5.74) is 4.40. The molecule has 2 amide bonds. The third-order valence-corrected chi connectivity index (χ3v) is 6.24. The van der Waals surface area contributed by atoms with Crippen molar-refractivity contribution >= 4 is 17.5 Å². The number of fused-ring (bicyclic) bond motifs is 1. The zero-order valence-corrected chi connectivity index (χ0v) is 18.1. The predicted molar refractivity (Wildman–Crippen MR) is 124 cm³/mol. The molecule has 6 heteroatoms. The van der Waals surface area contributed by atoms with Crippen LogP contribution in [0.15, 0.2) is 54.6 Å². The first kappa shape index (κ1) is 20.5. The first-order valence-corrected chi connectivity index (χ1v) is 11.5. The Morgan fingerprint density at radius 2 is 1.75 bits per heavy atom. The highest BCUT2D eigenvalue weighted by atomic mass is 16.2. The van der Waals surface area contributed by atoms with E-state index in [0.717, 1.165) is 67.0 Å². The van der Waals surface area contributed by atoms with E-state index in [1.54, 1.807) is 0 Å². The lowest BCUT2D eigenvalue weighted by Crippen LogP contribution is -2.24. The van der Waals surface area contributed by atoms with Gasteiger partial charge in [-0.1, -0.05) is 48.9 Å². The van der Waals surface area contributed by atoms with Crippen LogP contribution in [0.2, 0.25) is 0 Å². The van der Waals surface area contributed by atoms with Gasteiger partial charge in [0.05, 0.1) is 5.69 Å². The second-order valence-electron chi connectivity index (χ2n) is 8.70. The quantitative estimate of drug-likeness (QED) is 0.605. The van der Waals surface area contributed by atoms with Gasteiger partial charge in [0.2, 0.25) is 5.91 Å². The molecular weight excluding hydrogens is 400 g/mol. The summed E-state index contributed by atoms with van der Waals surface area (Å²) in [5, 5.41) is 5.98. The van der Waals surface area contributed by atoms with Crippen LogP contribution in [0.1, 0.15) is 53.8 Å². The lowest BCUT2D eigenvalue weighted by Gasteiger charge is -2.09. The molecule has 32 heavy (non-hydrogen) atoms. The minimum absolute atomic E-state index is 0.0979. The molecule has 0 atom stereocenters. The third kappa shape index (κ3) is 4.44. The molecule has 0 saturated heterocycles. The molecule has 1 fully saturated rings. The summed E-state index contributed by atoms with van der Waals surface area (Å²) in [6, 6.07) is 17.7. The fourth-order valence-corrected chi connectivity index (χ4v) is 4.27. The van der Waals surface area contributed by atoms with E-state index in [1.807, 2.05) is 54.6 Å². The highest BCUT2D eigenvalue weighted by Gasteiger charge is 2.29. The van der Waals surface area contributed by atoms with Crippen LogP contribution in [0.25, 0.3) is 11.4 Å². The minimum Gasteiger partial charge on any atom is -0.347 e. The van der Waals surface area contributed by atoms with E-state index in [2.05, 4.69) is 15.2 Å². The van der Waals surface area contributed by atoms with Gasteiger partial charge >= 0.3 is 0 Å². The van der Waals surface area contributed by atoms with E-state index in [-0.39, 0.29) is 17.7 Å². The molecule has 1 aromatic heterocycles. The number of amides is 2. The molecule has 2 aromatic carbocycles. The van der Waals surface area contributed by atoms with Crippen molar-refractivity contribution in [2.75, 3.05) is 5.32 Å². The summed E-state index contributed by atoms with van der Waals surface area (Å²) in [4.78, 5) is 29.8. The number of nitrogens with one attached hydrogen (secondary N) is 2. The Bertz CT molecular complexity index is 1110. The molecule has 1 saturated carbocycles. The summed E-state index contributed by atoms with van der Waals surface area (Å²) < 4.78 is 2.23. The fraction of sp³-hybridized carbons (Fsp3) is 0.346. The normalized spacial score (nSPS) is 15.5. The van der Waals surface area contributed by atoms with Crippen LogP contribution >= 0.6 is 0 Å². The molecule has 0 bridgehead atoms. The predicted octanol–water partition coefficient (Wildman–Crippen LogP) is 4.56. The van der Waals surface area contributed by atoms with E-state index in [0.29, 0.717) is 12.2 Å². The first-order chi connectivity index (χ1) is 15.7. The molecule has 6 nitrogen and oxygen atoms in total. The standard InChI is InChI=1S/C26H28N4O2/c31-25(20-12-13-20)28-21-14-10-18(11-15-21)17-27-26(32)23-22-9-5-2-6-16-30(22)24(29-23)19-7-3-1-4-8-19/h1,3-4,7-8,10-11,14-15,20H,2,5-6,9,12-13,16-17H2,(H,27,32)(H,28,31). The maximum atomic E-state index is 13.1. The van der Waals surface area contributed by atoms with Gasteiger partial charge in [0.25, 0.3) is 5.91 Å². The van der Waals surface area contributed by atoms with Crippen LogP contribution in [0.5, 0.6) is 0 Å². The molecule has 3 aromatic rings. The molecule has 1 aliphatic heterocycles. The average Bonchev–Trinajstić information content (AvgIpc) is 3.64. The number of benzene rings is 2.